The second-order valence-corrected chi connectivity index (χ2v) is 6.41. The van der Waals surface area contributed by atoms with Gasteiger partial charge in [0.2, 0.25) is 0 Å². The molecule has 0 bridgehead atoms. The molecular formula is C22H23N3O4. The van der Waals surface area contributed by atoms with Crippen molar-refractivity contribution < 1.29 is 14.5 Å². The van der Waals surface area contributed by atoms with E-state index in [2.05, 4.69) is 12.2 Å². The van der Waals surface area contributed by atoms with Crippen molar-refractivity contribution >= 4 is 23.4 Å². The predicted octanol–water partition coefficient (Wildman–Crippen LogP) is 5.10. The van der Waals surface area contributed by atoms with E-state index in [1.54, 1.807) is 24.3 Å². The predicted molar refractivity (Wildman–Crippen MR) is 111 cm³/mol. The number of anilines is 1. The highest BCUT2D eigenvalue weighted by atomic mass is 16.6. The second-order valence-electron chi connectivity index (χ2n) is 6.41. The first-order valence-electron chi connectivity index (χ1n) is 9.44. The summed E-state index contributed by atoms with van der Waals surface area (Å²) in [6.45, 7) is 2.82. The Hall–Kier alpha value is -3.66. The number of ether oxygens (including phenoxy) is 1. The average molecular weight is 393 g/mol. The van der Waals surface area contributed by atoms with Gasteiger partial charge in [-0.25, -0.2) is 0 Å². The zero-order valence-electron chi connectivity index (χ0n) is 16.3. The standard InChI is InChI=1S/C22H23N3O4/c1-2-3-4-5-13-29-21-11-9-17(10-12-21)14-18(16-23)22(26)24-19-7-6-8-20(15-19)25(27)28/h6-12,14-15H,2-5,13H2,1H3,(H,24,26)/b18-14+. The van der Waals surface area contributed by atoms with E-state index >= 15 is 0 Å². The number of rotatable bonds is 10. The van der Waals surface area contributed by atoms with Gasteiger partial charge in [0, 0.05) is 17.8 Å². The summed E-state index contributed by atoms with van der Waals surface area (Å²) in [5.74, 6) is 0.0995. The lowest BCUT2D eigenvalue weighted by Gasteiger charge is -2.06. The van der Waals surface area contributed by atoms with Crippen molar-refractivity contribution in [3.63, 3.8) is 0 Å². The van der Waals surface area contributed by atoms with Gasteiger partial charge in [-0.3, -0.25) is 14.9 Å². The summed E-state index contributed by atoms with van der Waals surface area (Å²) in [6.07, 6.45) is 5.98. The minimum Gasteiger partial charge on any atom is -0.494 e. The van der Waals surface area contributed by atoms with Gasteiger partial charge in [-0.1, -0.05) is 44.4 Å². The van der Waals surface area contributed by atoms with Gasteiger partial charge in [0.1, 0.15) is 17.4 Å². The number of carbonyl (C=O) groups excluding carboxylic acids is 1. The molecule has 0 aliphatic heterocycles. The van der Waals surface area contributed by atoms with Crippen LogP contribution in [0, 0.1) is 21.4 Å². The molecule has 0 saturated heterocycles. The first-order chi connectivity index (χ1) is 14.0. The first kappa shape index (κ1) is 21.6. The van der Waals surface area contributed by atoms with Gasteiger partial charge in [-0.15, -0.1) is 0 Å². The fourth-order valence-corrected chi connectivity index (χ4v) is 2.59. The van der Waals surface area contributed by atoms with Crippen LogP contribution >= 0.6 is 0 Å². The Balaban J connectivity index is 1.99. The van der Waals surface area contributed by atoms with E-state index in [1.807, 2.05) is 6.07 Å². The Morgan fingerprint density at radius 2 is 1.97 bits per heavy atom. The molecule has 2 aromatic carbocycles. The quantitative estimate of drug-likeness (QED) is 0.199. The molecule has 7 nitrogen and oxygen atoms in total. The Kier molecular flexibility index (Phi) is 8.39. The van der Waals surface area contributed by atoms with Crippen LogP contribution in [0.25, 0.3) is 6.08 Å². The average Bonchev–Trinajstić information content (AvgIpc) is 2.73. The zero-order valence-corrected chi connectivity index (χ0v) is 16.3. The summed E-state index contributed by atoms with van der Waals surface area (Å²) < 4.78 is 5.68. The van der Waals surface area contributed by atoms with Crippen molar-refractivity contribution in [1.82, 2.24) is 0 Å². The van der Waals surface area contributed by atoms with Crippen LogP contribution in [0.15, 0.2) is 54.1 Å². The van der Waals surface area contributed by atoms with Crippen LogP contribution in [0.5, 0.6) is 5.75 Å². The van der Waals surface area contributed by atoms with Gasteiger partial charge in [-0.05, 0) is 36.3 Å². The third-order valence-corrected chi connectivity index (χ3v) is 4.14. The summed E-state index contributed by atoms with van der Waals surface area (Å²) in [7, 11) is 0. The Morgan fingerprint density at radius 3 is 2.62 bits per heavy atom. The lowest BCUT2D eigenvalue weighted by Crippen LogP contribution is -2.13. The summed E-state index contributed by atoms with van der Waals surface area (Å²) in [5, 5.41) is 22.6. The third-order valence-electron chi connectivity index (χ3n) is 4.14. The van der Waals surface area contributed by atoms with Crippen molar-refractivity contribution in [2.24, 2.45) is 0 Å². The van der Waals surface area contributed by atoms with E-state index < -0.39 is 10.8 Å². The van der Waals surface area contributed by atoms with Crippen LogP contribution in [0.4, 0.5) is 11.4 Å². The molecule has 0 aliphatic rings. The monoisotopic (exact) mass is 393 g/mol. The van der Waals surface area contributed by atoms with Crippen LogP contribution in [0.3, 0.4) is 0 Å². The van der Waals surface area contributed by atoms with Crippen LogP contribution < -0.4 is 10.1 Å². The topological polar surface area (TPSA) is 105 Å². The van der Waals surface area contributed by atoms with Crippen molar-refractivity contribution in [2.75, 3.05) is 11.9 Å². The number of amides is 1. The van der Waals surface area contributed by atoms with Gasteiger partial charge < -0.3 is 10.1 Å². The molecule has 2 aromatic rings. The maximum Gasteiger partial charge on any atom is 0.271 e. The molecule has 0 atom stereocenters. The van der Waals surface area contributed by atoms with E-state index in [1.165, 1.54) is 43.2 Å². The maximum absolute atomic E-state index is 12.3. The Morgan fingerprint density at radius 1 is 1.21 bits per heavy atom. The molecule has 1 N–H and O–H groups in total. The van der Waals surface area contributed by atoms with Crippen LogP contribution in [0.2, 0.25) is 0 Å². The number of non-ortho nitro benzene ring substituents is 1. The number of nitro groups is 1. The number of hydrogen-bond acceptors (Lipinski definition) is 5. The van der Waals surface area contributed by atoms with E-state index in [4.69, 9.17) is 4.74 Å². The molecule has 0 saturated carbocycles. The molecule has 0 radical (unpaired) electrons. The van der Waals surface area contributed by atoms with E-state index in [0.29, 0.717) is 12.2 Å². The highest BCUT2D eigenvalue weighted by Gasteiger charge is 2.12. The number of carbonyl (C=O) groups is 1. The minimum atomic E-state index is -0.635. The molecule has 0 spiro atoms. The number of unbranched alkanes of at least 4 members (excludes halogenated alkanes) is 3. The Bertz CT molecular complexity index is 914. The lowest BCUT2D eigenvalue weighted by molar-refractivity contribution is -0.384. The number of nitro benzene ring substituents is 1. The summed E-state index contributed by atoms with van der Waals surface area (Å²) in [4.78, 5) is 22.6. The summed E-state index contributed by atoms with van der Waals surface area (Å²) in [5.41, 5.74) is 0.673. The molecule has 0 fully saturated rings. The van der Waals surface area contributed by atoms with Crippen LogP contribution in [0.1, 0.15) is 38.2 Å². The lowest BCUT2D eigenvalue weighted by atomic mass is 10.1. The normalized spacial score (nSPS) is 10.8. The van der Waals surface area contributed by atoms with E-state index in [-0.39, 0.29) is 16.9 Å². The van der Waals surface area contributed by atoms with Crippen LogP contribution in [-0.4, -0.2) is 17.4 Å². The first-order valence-corrected chi connectivity index (χ1v) is 9.44. The van der Waals surface area contributed by atoms with Crippen molar-refractivity contribution in [3.8, 4) is 11.8 Å². The Labute approximate surface area is 169 Å². The van der Waals surface area contributed by atoms with Gasteiger partial charge >= 0.3 is 0 Å². The van der Waals surface area contributed by atoms with Crippen molar-refractivity contribution in [1.29, 1.82) is 5.26 Å². The summed E-state index contributed by atoms with van der Waals surface area (Å²) in [6, 6.07) is 14.5. The van der Waals surface area contributed by atoms with Gasteiger partial charge in [-0.2, -0.15) is 5.26 Å². The number of benzene rings is 2. The molecule has 0 aromatic heterocycles. The molecule has 0 heterocycles. The molecule has 7 heteroatoms. The molecule has 1 amide bonds. The highest BCUT2D eigenvalue weighted by molar-refractivity contribution is 6.09. The molecule has 0 aliphatic carbocycles. The largest absolute Gasteiger partial charge is 0.494 e. The minimum absolute atomic E-state index is 0.107. The fourth-order valence-electron chi connectivity index (χ4n) is 2.59. The van der Waals surface area contributed by atoms with Crippen molar-refractivity contribution in [2.45, 2.75) is 32.6 Å². The molecule has 0 unspecified atom stereocenters. The second kappa shape index (κ2) is 11.2. The van der Waals surface area contributed by atoms with Gasteiger partial charge in [0.25, 0.3) is 11.6 Å². The zero-order chi connectivity index (χ0) is 21.1. The number of nitrogens with one attached hydrogen (secondary N) is 1. The highest BCUT2D eigenvalue weighted by Crippen LogP contribution is 2.19. The van der Waals surface area contributed by atoms with Crippen LogP contribution in [-0.2, 0) is 4.79 Å². The van der Waals surface area contributed by atoms with Gasteiger partial charge in [0.05, 0.1) is 11.5 Å². The van der Waals surface area contributed by atoms with Crippen molar-refractivity contribution in [3.05, 3.63) is 69.8 Å². The van der Waals surface area contributed by atoms with Gasteiger partial charge in [0.15, 0.2) is 0 Å². The smallest absolute Gasteiger partial charge is 0.271 e. The third kappa shape index (κ3) is 7.11. The summed E-state index contributed by atoms with van der Waals surface area (Å²) >= 11 is 0. The maximum atomic E-state index is 12.3. The molecular weight excluding hydrogens is 370 g/mol. The fraction of sp³-hybridized carbons (Fsp3) is 0.273. The van der Waals surface area contributed by atoms with E-state index in [9.17, 15) is 20.2 Å². The SMILES string of the molecule is CCCCCCOc1ccc(/C=C(\C#N)C(=O)Nc2cccc([N+](=O)[O-])c2)cc1. The number of nitriles is 1. The molecule has 150 valence electrons. The molecule has 2 rings (SSSR count). The van der Waals surface area contributed by atoms with E-state index in [0.717, 1.165) is 18.6 Å². The number of nitrogens with zero attached hydrogens (tertiary/aromatic N) is 2. The molecule has 29 heavy (non-hydrogen) atoms. The number of hydrogen-bond donors (Lipinski definition) is 1.